The third-order valence-electron chi connectivity index (χ3n) is 5.78. The lowest BCUT2D eigenvalue weighted by molar-refractivity contribution is -0.115. The summed E-state index contributed by atoms with van der Waals surface area (Å²) in [4.78, 5) is 40.1. The van der Waals surface area contributed by atoms with Crippen LogP contribution in [-0.4, -0.2) is 29.6 Å². The van der Waals surface area contributed by atoms with Gasteiger partial charge >= 0.3 is 5.97 Å². The number of amides is 2. The van der Waals surface area contributed by atoms with Crippen molar-refractivity contribution in [3.8, 4) is 0 Å². The molecule has 36 heavy (non-hydrogen) atoms. The molecule has 2 N–H and O–H groups in total. The Bertz CT molecular complexity index is 1290. The monoisotopic (exact) mass is 526 g/mol. The second kappa shape index (κ2) is 11.7. The minimum Gasteiger partial charge on any atom is -0.462 e. The molecule has 0 saturated carbocycles. The van der Waals surface area contributed by atoms with Crippen LogP contribution in [0.25, 0.3) is 0 Å². The first-order valence-corrected chi connectivity index (χ1v) is 13.5. The molecule has 0 saturated heterocycles. The predicted molar refractivity (Wildman–Crippen MR) is 142 cm³/mol. The highest BCUT2D eigenvalue weighted by molar-refractivity contribution is 8.00. The Morgan fingerprint density at radius 2 is 1.86 bits per heavy atom. The number of thiophene rings is 1. The molecule has 3 aromatic rings. The van der Waals surface area contributed by atoms with Crippen LogP contribution in [0.1, 0.15) is 57.8 Å². The first kappa shape index (κ1) is 25.9. The summed E-state index contributed by atoms with van der Waals surface area (Å²) in [5.74, 6) is -1.77. The topological polar surface area (TPSA) is 84.5 Å². The molecule has 188 valence electrons. The maximum Gasteiger partial charge on any atom is 0.341 e. The number of halogens is 1. The van der Waals surface area contributed by atoms with Gasteiger partial charge in [-0.3, -0.25) is 9.59 Å². The average Bonchev–Trinajstić information content (AvgIpc) is 3.22. The van der Waals surface area contributed by atoms with Crippen LogP contribution in [0, 0.1) is 5.82 Å². The van der Waals surface area contributed by atoms with E-state index in [1.165, 1.54) is 41.3 Å². The number of benzene rings is 2. The number of aryl methyl sites for hydroxylation is 1. The highest BCUT2D eigenvalue weighted by Gasteiger charge is 2.28. The van der Waals surface area contributed by atoms with Crippen LogP contribution < -0.4 is 10.6 Å². The van der Waals surface area contributed by atoms with E-state index in [0.29, 0.717) is 16.3 Å². The van der Waals surface area contributed by atoms with Crippen LogP contribution in [0.5, 0.6) is 0 Å². The van der Waals surface area contributed by atoms with Crippen molar-refractivity contribution in [3.05, 3.63) is 75.9 Å². The summed E-state index contributed by atoms with van der Waals surface area (Å²) in [6.07, 6.45) is 3.79. The molecule has 1 aromatic heterocycles. The molecule has 0 radical (unpaired) electrons. The summed E-state index contributed by atoms with van der Waals surface area (Å²) >= 11 is 2.78. The van der Waals surface area contributed by atoms with E-state index in [4.69, 9.17) is 4.74 Å². The molecule has 1 atom stereocenters. The minimum absolute atomic E-state index is 0.0423. The molecular formula is C27H27FN2O4S2. The molecule has 0 spiro atoms. The Morgan fingerprint density at radius 1 is 1.08 bits per heavy atom. The quantitative estimate of drug-likeness (QED) is 0.265. The average molecular weight is 527 g/mol. The van der Waals surface area contributed by atoms with Gasteiger partial charge < -0.3 is 15.4 Å². The van der Waals surface area contributed by atoms with Crippen molar-refractivity contribution in [1.82, 2.24) is 0 Å². The summed E-state index contributed by atoms with van der Waals surface area (Å²) in [7, 11) is 0. The van der Waals surface area contributed by atoms with Crippen molar-refractivity contribution < 1.29 is 23.5 Å². The van der Waals surface area contributed by atoms with Gasteiger partial charge in [-0.15, -0.1) is 23.1 Å². The van der Waals surface area contributed by atoms with E-state index in [1.54, 1.807) is 38.1 Å². The number of carbonyl (C=O) groups excluding carboxylic acids is 3. The summed E-state index contributed by atoms with van der Waals surface area (Å²) in [5, 5.41) is 5.72. The van der Waals surface area contributed by atoms with Gasteiger partial charge in [0.1, 0.15) is 10.8 Å². The maximum atomic E-state index is 13.9. The molecule has 0 aliphatic heterocycles. The van der Waals surface area contributed by atoms with Gasteiger partial charge in [0.2, 0.25) is 5.91 Å². The first-order valence-electron chi connectivity index (χ1n) is 11.8. The lowest BCUT2D eigenvalue weighted by atomic mass is 9.95. The highest BCUT2D eigenvalue weighted by Crippen LogP contribution is 2.39. The number of rotatable bonds is 8. The van der Waals surface area contributed by atoms with E-state index >= 15 is 0 Å². The molecule has 1 aliphatic rings. The molecular weight excluding hydrogens is 499 g/mol. The van der Waals surface area contributed by atoms with Crippen LogP contribution in [0.4, 0.5) is 15.1 Å². The van der Waals surface area contributed by atoms with Gasteiger partial charge in [-0.25, -0.2) is 9.18 Å². The minimum atomic E-state index is -0.594. The summed E-state index contributed by atoms with van der Waals surface area (Å²) in [5.41, 5.74) is 1.94. The molecule has 9 heteroatoms. The summed E-state index contributed by atoms with van der Waals surface area (Å²) in [6.45, 7) is 3.82. The standard InChI is InChI=1S/C27H27FN2O4S2/c1-3-34-27(33)23-20-12-5-7-14-22(20)36-26(23)30-24(31)16(2)35-18-10-8-9-17(15-18)29-25(32)19-11-4-6-13-21(19)28/h4,6,8-11,13,15-16H,3,5,7,12,14H2,1-2H3,(H,29,32)(H,30,31). The Labute approximate surface area is 217 Å². The largest absolute Gasteiger partial charge is 0.462 e. The van der Waals surface area contributed by atoms with Crippen LogP contribution >= 0.6 is 23.1 Å². The molecule has 0 bridgehead atoms. The first-order chi connectivity index (χ1) is 17.4. The number of hydrogen-bond donors (Lipinski definition) is 2. The fourth-order valence-electron chi connectivity index (χ4n) is 4.04. The smallest absolute Gasteiger partial charge is 0.341 e. The van der Waals surface area contributed by atoms with E-state index in [-0.39, 0.29) is 18.1 Å². The van der Waals surface area contributed by atoms with Gasteiger partial charge in [0.15, 0.2) is 0 Å². The third kappa shape index (κ3) is 5.96. The maximum absolute atomic E-state index is 13.9. The van der Waals surface area contributed by atoms with Gasteiger partial charge in [-0.2, -0.15) is 0 Å². The number of hydrogen-bond acceptors (Lipinski definition) is 6. The molecule has 1 aliphatic carbocycles. The van der Waals surface area contributed by atoms with Gasteiger partial charge in [0, 0.05) is 15.5 Å². The molecule has 6 nitrogen and oxygen atoms in total. The van der Waals surface area contributed by atoms with Crippen molar-refractivity contribution >= 4 is 51.6 Å². The number of esters is 1. The van der Waals surface area contributed by atoms with Gasteiger partial charge in [0.25, 0.3) is 5.91 Å². The zero-order valence-electron chi connectivity index (χ0n) is 20.1. The van der Waals surface area contributed by atoms with E-state index in [9.17, 15) is 18.8 Å². The van der Waals surface area contributed by atoms with Crippen LogP contribution in [-0.2, 0) is 22.4 Å². The molecule has 2 aromatic carbocycles. The van der Waals surface area contributed by atoms with Crippen molar-refractivity contribution in [3.63, 3.8) is 0 Å². The number of carbonyl (C=O) groups is 3. The molecule has 1 heterocycles. The fourth-order valence-corrected chi connectivity index (χ4v) is 6.24. The molecule has 0 fully saturated rings. The lowest BCUT2D eigenvalue weighted by Gasteiger charge is -2.14. The summed E-state index contributed by atoms with van der Waals surface area (Å²) < 4.78 is 19.2. The predicted octanol–water partition coefficient (Wildman–Crippen LogP) is 6.31. The second-order valence-electron chi connectivity index (χ2n) is 8.35. The van der Waals surface area contributed by atoms with Gasteiger partial charge in [0.05, 0.1) is 23.0 Å². The second-order valence-corrected chi connectivity index (χ2v) is 10.9. The van der Waals surface area contributed by atoms with Gasteiger partial charge in [-0.1, -0.05) is 18.2 Å². The third-order valence-corrected chi connectivity index (χ3v) is 8.08. The number of nitrogens with one attached hydrogen (secondary N) is 2. The van der Waals surface area contributed by atoms with Crippen LogP contribution in [0.3, 0.4) is 0 Å². The molecule has 1 unspecified atom stereocenters. The zero-order chi connectivity index (χ0) is 25.7. The van der Waals surface area contributed by atoms with Crippen molar-refractivity contribution in [1.29, 1.82) is 0 Å². The molecule has 2 amide bonds. The van der Waals surface area contributed by atoms with E-state index in [1.807, 2.05) is 6.07 Å². The van der Waals surface area contributed by atoms with E-state index < -0.39 is 22.9 Å². The number of ether oxygens (including phenoxy) is 1. The SMILES string of the molecule is CCOC(=O)c1c(NC(=O)C(C)Sc2cccc(NC(=O)c3ccccc3F)c2)sc2c1CCCC2. The number of anilines is 2. The van der Waals surface area contributed by atoms with Crippen molar-refractivity contribution in [2.24, 2.45) is 0 Å². The lowest BCUT2D eigenvalue weighted by Crippen LogP contribution is -2.23. The zero-order valence-corrected chi connectivity index (χ0v) is 21.7. The normalized spacial score (nSPS) is 13.4. The fraction of sp³-hybridized carbons (Fsp3) is 0.296. The molecule has 4 rings (SSSR count). The number of thioether (sulfide) groups is 1. The van der Waals surface area contributed by atoms with E-state index in [2.05, 4.69) is 10.6 Å². The summed E-state index contributed by atoms with van der Waals surface area (Å²) in [6, 6.07) is 12.8. The Balaban J connectivity index is 1.44. The van der Waals surface area contributed by atoms with Crippen molar-refractivity contribution in [2.75, 3.05) is 17.2 Å². The van der Waals surface area contributed by atoms with Crippen molar-refractivity contribution in [2.45, 2.75) is 49.7 Å². The van der Waals surface area contributed by atoms with E-state index in [0.717, 1.165) is 41.0 Å². The Morgan fingerprint density at radius 3 is 2.64 bits per heavy atom. The highest BCUT2D eigenvalue weighted by atomic mass is 32.2. The Hall–Kier alpha value is -3.17. The van der Waals surface area contributed by atoms with Crippen LogP contribution in [0.15, 0.2) is 53.4 Å². The number of fused-ring (bicyclic) bond motifs is 1. The Kier molecular flexibility index (Phi) is 8.43. The van der Waals surface area contributed by atoms with Gasteiger partial charge in [-0.05, 0) is 75.4 Å². The van der Waals surface area contributed by atoms with Crippen LogP contribution in [0.2, 0.25) is 0 Å².